The first-order valence-electron chi connectivity index (χ1n) is 10.8. The monoisotopic (exact) mass is 451 g/mol. The maximum Gasteiger partial charge on any atom is 0.197 e. The highest BCUT2D eigenvalue weighted by Gasteiger charge is 2.42. The van der Waals surface area contributed by atoms with Crippen LogP contribution in [0.25, 0.3) is 10.4 Å². The van der Waals surface area contributed by atoms with Crippen molar-refractivity contribution in [2.24, 2.45) is 0 Å². The summed E-state index contributed by atoms with van der Waals surface area (Å²) in [6, 6.07) is 18.4. The number of nitriles is 1. The number of hydrogen-bond acceptors (Lipinski definition) is 5. The van der Waals surface area contributed by atoms with Gasteiger partial charge in [0.2, 0.25) is 0 Å². The van der Waals surface area contributed by atoms with Crippen molar-refractivity contribution in [3.05, 3.63) is 82.0 Å². The lowest BCUT2D eigenvalue weighted by Crippen LogP contribution is -2.45. The molecule has 1 aromatic heterocycles. The van der Waals surface area contributed by atoms with E-state index in [2.05, 4.69) is 6.07 Å². The van der Waals surface area contributed by atoms with Crippen molar-refractivity contribution in [3.63, 3.8) is 0 Å². The Labute approximate surface area is 191 Å². The van der Waals surface area contributed by atoms with Crippen LogP contribution in [0.3, 0.4) is 0 Å². The molecule has 6 heteroatoms. The summed E-state index contributed by atoms with van der Waals surface area (Å²) in [5.41, 5.74) is 3.26. The summed E-state index contributed by atoms with van der Waals surface area (Å²) < 4.78 is 25.5. The molecule has 1 aliphatic heterocycles. The predicted molar refractivity (Wildman–Crippen MR) is 123 cm³/mol. The molecule has 4 nitrogen and oxygen atoms in total. The Balaban J connectivity index is 1.65. The molecule has 166 valence electrons. The minimum atomic E-state index is -1.02. The van der Waals surface area contributed by atoms with Gasteiger partial charge in [0.25, 0.3) is 0 Å². The SMILES string of the molecule is CCO[C@]1(c2ccc(C#N)c(Cc3ccc(-c4ccc(F)cc4)s3)c2)CC(O)CC(C)O1. The van der Waals surface area contributed by atoms with Gasteiger partial charge in [-0.05, 0) is 67.8 Å². The molecule has 2 unspecified atom stereocenters. The second kappa shape index (κ2) is 9.51. The molecule has 0 radical (unpaired) electrons. The van der Waals surface area contributed by atoms with Gasteiger partial charge in [-0.15, -0.1) is 11.3 Å². The number of rotatable bonds is 6. The van der Waals surface area contributed by atoms with Crippen LogP contribution in [0.15, 0.2) is 54.6 Å². The van der Waals surface area contributed by atoms with Crippen LogP contribution >= 0.6 is 11.3 Å². The quantitative estimate of drug-likeness (QED) is 0.517. The van der Waals surface area contributed by atoms with Crippen molar-refractivity contribution < 1.29 is 19.0 Å². The Morgan fingerprint density at radius 3 is 2.69 bits per heavy atom. The van der Waals surface area contributed by atoms with Crippen LogP contribution in [0.4, 0.5) is 4.39 Å². The summed E-state index contributed by atoms with van der Waals surface area (Å²) >= 11 is 1.62. The summed E-state index contributed by atoms with van der Waals surface area (Å²) in [6.07, 6.45) is 0.854. The number of aliphatic hydroxyl groups is 1. The number of halogens is 1. The zero-order valence-electron chi connectivity index (χ0n) is 18.2. The van der Waals surface area contributed by atoms with E-state index in [1.165, 1.54) is 12.1 Å². The molecule has 3 aromatic rings. The maximum atomic E-state index is 13.2. The van der Waals surface area contributed by atoms with Crippen molar-refractivity contribution in [1.29, 1.82) is 5.26 Å². The molecule has 1 saturated heterocycles. The van der Waals surface area contributed by atoms with Crippen LogP contribution in [0.1, 0.15) is 48.3 Å². The van der Waals surface area contributed by atoms with Crippen LogP contribution in [0.5, 0.6) is 0 Å². The first-order valence-corrected chi connectivity index (χ1v) is 11.6. The van der Waals surface area contributed by atoms with Crippen molar-refractivity contribution in [1.82, 2.24) is 0 Å². The Kier molecular flexibility index (Phi) is 6.73. The van der Waals surface area contributed by atoms with Crippen molar-refractivity contribution in [2.45, 2.75) is 51.1 Å². The van der Waals surface area contributed by atoms with E-state index in [1.54, 1.807) is 29.5 Å². The van der Waals surface area contributed by atoms with Gasteiger partial charge in [-0.3, -0.25) is 0 Å². The van der Waals surface area contributed by atoms with Crippen LogP contribution in [-0.4, -0.2) is 23.9 Å². The fraction of sp³-hybridized carbons (Fsp3) is 0.346. The summed E-state index contributed by atoms with van der Waals surface area (Å²) in [5, 5.41) is 20.1. The normalized spacial score (nSPS) is 23.1. The Morgan fingerprint density at radius 2 is 2.00 bits per heavy atom. The van der Waals surface area contributed by atoms with Gasteiger partial charge in [0.15, 0.2) is 5.79 Å². The topological polar surface area (TPSA) is 62.5 Å². The molecule has 0 bridgehead atoms. The van der Waals surface area contributed by atoms with Crippen LogP contribution < -0.4 is 0 Å². The lowest BCUT2D eigenvalue weighted by Gasteiger charge is -2.42. The minimum absolute atomic E-state index is 0.139. The highest BCUT2D eigenvalue weighted by Crippen LogP contribution is 2.40. The fourth-order valence-corrected chi connectivity index (χ4v) is 5.35. The molecular formula is C26H26FNO3S. The number of benzene rings is 2. The average Bonchev–Trinajstić information content (AvgIpc) is 3.22. The molecule has 3 atom stereocenters. The lowest BCUT2D eigenvalue weighted by molar-refractivity contribution is -0.300. The molecule has 1 N–H and O–H groups in total. The Hall–Kier alpha value is -2.56. The molecule has 1 fully saturated rings. The molecule has 2 heterocycles. The van der Waals surface area contributed by atoms with E-state index in [4.69, 9.17) is 9.47 Å². The number of thiophene rings is 1. The summed E-state index contributed by atoms with van der Waals surface area (Å²) in [4.78, 5) is 2.15. The smallest absolute Gasteiger partial charge is 0.197 e. The molecule has 0 spiro atoms. The summed E-state index contributed by atoms with van der Waals surface area (Å²) in [7, 11) is 0. The Bertz CT molecular complexity index is 1110. The van der Waals surface area contributed by atoms with Gasteiger partial charge in [0, 0.05) is 34.8 Å². The molecule has 1 aliphatic rings. The maximum absolute atomic E-state index is 13.2. The predicted octanol–water partition coefficient (Wildman–Crippen LogP) is 5.77. The van der Waals surface area contributed by atoms with Crippen molar-refractivity contribution >= 4 is 11.3 Å². The van der Waals surface area contributed by atoms with Gasteiger partial charge in [-0.1, -0.05) is 18.2 Å². The second-order valence-corrected chi connectivity index (χ2v) is 9.31. The molecule has 0 aliphatic carbocycles. The highest BCUT2D eigenvalue weighted by molar-refractivity contribution is 7.15. The third-order valence-corrected chi connectivity index (χ3v) is 6.83. The van der Waals surface area contributed by atoms with Crippen LogP contribution in [0.2, 0.25) is 0 Å². The first kappa shape index (κ1) is 22.6. The largest absolute Gasteiger partial charge is 0.393 e. The Morgan fingerprint density at radius 1 is 1.22 bits per heavy atom. The zero-order valence-corrected chi connectivity index (χ0v) is 19.0. The van der Waals surface area contributed by atoms with Gasteiger partial charge < -0.3 is 14.6 Å². The van der Waals surface area contributed by atoms with Gasteiger partial charge in [0.05, 0.1) is 23.8 Å². The van der Waals surface area contributed by atoms with E-state index in [9.17, 15) is 14.8 Å². The summed E-state index contributed by atoms with van der Waals surface area (Å²) in [5.74, 6) is -1.28. The van der Waals surface area contributed by atoms with Crippen molar-refractivity contribution in [2.75, 3.05) is 6.61 Å². The van der Waals surface area contributed by atoms with E-state index >= 15 is 0 Å². The van der Waals surface area contributed by atoms with Gasteiger partial charge in [-0.25, -0.2) is 4.39 Å². The van der Waals surface area contributed by atoms with Gasteiger partial charge >= 0.3 is 0 Å². The third-order valence-electron chi connectivity index (χ3n) is 5.70. The van der Waals surface area contributed by atoms with Crippen LogP contribution in [0, 0.1) is 17.1 Å². The molecule has 32 heavy (non-hydrogen) atoms. The first-order chi connectivity index (χ1) is 15.4. The van der Waals surface area contributed by atoms with E-state index < -0.39 is 11.9 Å². The third kappa shape index (κ3) is 4.77. The molecule has 2 aromatic carbocycles. The molecule has 0 saturated carbocycles. The number of ether oxygens (including phenoxy) is 2. The van der Waals surface area contributed by atoms with Gasteiger partial charge in [0.1, 0.15) is 5.82 Å². The van der Waals surface area contributed by atoms with Crippen LogP contribution in [-0.2, 0) is 21.7 Å². The number of nitrogens with zero attached hydrogens (tertiary/aromatic N) is 1. The number of aliphatic hydroxyl groups excluding tert-OH is 1. The second-order valence-electron chi connectivity index (χ2n) is 8.14. The van der Waals surface area contributed by atoms with E-state index in [1.807, 2.05) is 38.1 Å². The average molecular weight is 452 g/mol. The minimum Gasteiger partial charge on any atom is -0.393 e. The molecule has 4 rings (SSSR count). The zero-order chi connectivity index (χ0) is 22.7. The van der Waals surface area contributed by atoms with Gasteiger partial charge in [-0.2, -0.15) is 5.26 Å². The fourth-order valence-electron chi connectivity index (χ4n) is 4.31. The standard InChI is InChI=1S/C26H26FNO3S/c1-3-30-26(15-23(29)12-17(2)31-26)21-7-4-19(16-28)20(13-21)14-24-10-11-25(32-24)18-5-8-22(27)9-6-18/h4-11,13,17,23,29H,3,12,14-15H2,1-2H3/t17?,23?,26-/m1/s1. The van der Waals surface area contributed by atoms with E-state index in [-0.39, 0.29) is 11.9 Å². The van der Waals surface area contributed by atoms with Crippen molar-refractivity contribution in [3.8, 4) is 16.5 Å². The molecular weight excluding hydrogens is 425 g/mol. The summed E-state index contributed by atoms with van der Waals surface area (Å²) in [6.45, 7) is 4.29. The number of hydrogen-bond donors (Lipinski definition) is 1. The van der Waals surface area contributed by atoms with E-state index in [0.29, 0.717) is 31.4 Å². The molecule has 0 amide bonds. The highest BCUT2D eigenvalue weighted by atomic mass is 32.1. The lowest BCUT2D eigenvalue weighted by atomic mass is 9.90. The van der Waals surface area contributed by atoms with E-state index in [0.717, 1.165) is 26.4 Å².